The number of carbonyl (C=O) groups excluding carboxylic acids is 2. The molecule has 0 amide bonds. The van der Waals surface area contributed by atoms with Gasteiger partial charge in [-0.25, -0.2) is 9.59 Å². The van der Waals surface area contributed by atoms with E-state index in [-0.39, 0.29) is 6.42 Å². The van der Waals surface area contributed by atoms with Crippen LogP contribution in [0.5, 0.6) is 11.5 Å². The van der Waals surface area contributed by atoms with Gasteiger partial charge in [0, 0.05) is 27.6 Å². The van der Waals surface area contributed by atoms with Crippen LogP contribution in [0.15, 0.2) is 84.9 Å². The summed E-state index contributed by atoms with van der Waals surface area (Å²) in [6.45, 7) is 3.89. The van der Waals surface area contributed by atoms with E-state index in [1.165, 1.54) is 0 Å². The van der Waals surface area contributed by atoms with E-state index in [1.54, 1.807) is 60.7 Å². The Labute approximate surface area is 214 Å². The van der Waals surface area contributed by atoms with Crippen LogP contribution in [0, 0.1) is 13.8 Å². The number of rotatable bonds is 6. The van der Waals surface area contributed by atoms with Gasteiger partial charge in [-0.05, 0) is 74.5 Å². The van der Waals surface area contributed by atoms with E-state index in [9.17, 15) is 9.59 Å². The summed E-state index contributed by atoms with van der Waals surface area (Å²) in [6, 6.07) is 24.3. The largest absolute Gasteiger partial charge is 0.423 e. The lowest BCUT2D eigenvalue weighted by Gasteiger charge is -2.14. The van der Waals surface area contributed by atoms with Crippen LogP contribution in [0.3, 0.4) is 0 Å². The molecule has 0 saturated heterocycles. The topological polar surface area (TPSA) is 52.6 Å². The number of benzene rings is 4. The van der Waals surface area contributed by atoms with Gasteiger partial charge in [-0.15, -0.1) is 0 Å². The van der Waals surface area contributed by atoms with Crippen molar-refractivity contribution in [2.24, 2.45) is 0 Å². The Balaban J connectivity index is 1.61. The van der Waals surface area contributed by atoms with Crippen LogP contribution in [-0.2, 0) is 6.42 Å². The van der Waals surface area contributed by atoms with Gasteiger partial charge in [0.1, 0.15) is 11.5 Å². The molecule has 0 aliphatic heterocycles. The number of hydrogen-bond donors (Lipinski definition) is 0. The Morgan fingerprint density at radius 3 is 1.34 bits per heavy atom. The van der Waals surface area contributed by atoms with Gasteiger partial charge >= 0.3 is 11.9 Å². The van der Waals surface area contributed by atoms with Crippen molar-refractivity contribution in [3.05, 3.63) is 128 Å². The highest BCUT2D eigenvalue weighted by Crippen LogP contribution is 2.31. The van der Waals surface area contributed by atoms with Gasteiger partial charge in [-0.2, -0.15) is 0 Å². The van der Waals surface area contributed by atoms with Crippen LogP contribution >= 0.6 is 23.2 Å². The number of aryl methyl sites for hydroxylation is 2. The van der Waals surface area contributed by atoms with E-state index in [4.69, 9.17) is 32.7 Å². The van der Waals surface area contributed by atoms with Gasteiger partial charge in [0.05, 0.1) is 11.1 Å². The highest BCUT2D eigenvalue weighted by molar-refractivity contribution is 6.31. The lowest BCUT2D eigenvalue weighted by molar-refractivity contribution is 0.0725. The molecule has 0 aliphatic carbocycles. The zero-order chi connectivity index (χ0) is 24.9. The Morgan fingerprint density at radius 1 is 0.600 bits per heavy atom. The second-order valence-electron chi connectivity index (χ2n) is 8.19. The third-order valence-electron chi connectivity index (χ3n) is 5.41. The Hall–Kier alpha value is -3.60. The minimum absolute atomic E-state index is 0.272. The number of hydrogen-bond acceptors (Lipinski definition) is 4. The predicted molar refractivity (Wildman–Crippen MR) is 138 cm³/mol. The molecule has 4 aromatic carbocycles. The van der Waals surface area contributed by atoms with Crippen LogP contribution in [0.4, 0.5) is 0 Å². The second kappa shape index (κ2) is 10.8. The first-order valence-corrected chi connectivity index (χ1v) is 11.7. The zero-order valence-electron chi connectivity index (χ0n) is 19.2. The van der Waals surface area contributed by atoms with Crippen LogP contribution in [0.25, 0.3) is 0 Å². The number of ether oxygens (including phenoxy) is 2. The highest BCUT2D eigenvalue weighted by Gasteiger charge is 2.17. The SMILES string of the molecule is Cc1ccc(C(=O)Oc2ccc(Cl)cc2Cc2cc(Cl)ccc2OC(=O)c2ccc(C)cc2)cc1. The van der Waals surface area contributed by atoms with E-state index >= 15 is 0 Å². The molecule has 0 saturated carbocycles. The first kappa shape index (κ1) is 24.5. The third-order valence-corrected chi connectivity index (χ3v) is 5.88. The molecule has 0 atom stereocenters. The van der Waals surface area contributed by atoms with Gasteiger partial charge in [0.15, 0.2) is 0 Å². The smallest absolute Gasteiger partial charge is 0.343 e. The Kier molecular flexibility index (Phi) is 7.54. The Bertz CT molecular complexity index is 1270. The summed E-state index contributed by atoms with van der Waals surface area (Å²) in [5.74, 6) is -0.247. The molecule has 0 aromatic heterocycles. The van der Waals surface area contributed by atoms with Gasteiger partial charge in [-0.1, -0.05) is 58.6 Å². The van der Waals surface area contributed by atoms with Gasteiger partial charge in [0.25, 0.3) is 0 Å². The van der Waals surface area contributed by atoms with Crippen molar-refractivity contribution < 1.29 is 19.1 Å². The van der Waals surface area contributed by atoms with Crippen molar-refractivity contribution >= 4 is 35.1 Å². The summed E-state index contributed by atoms with van der Waals surface area (Å²) in [6.07, 6.45) is 0.272. The quantitative estimate of drug-likeness (QED) is 0.200. The number of esters is 2. The van der Waals surface area contributed by atoms with E-state index in [2.05, 4.69) is 0 Å². The summed E-state index contributed by atoms with van der Waals surface area (Å²) in [5.41, 5.74) is 4.25. The molecule has 0 heterocycles. The maximum absolute atomic E-state index is 12.7. The summed E-state index contributed by atoms with van der Waals surface area (Å²) in [7, 11) is 0. The van der Waals surface area contributed by atoms with Gasteiger partial charge in [-0.3, -0.25) is 0 Å². The monoisotopic (exact) mass is 504 g/mol. The second-order valence-corrected chi connectivity index (χ2v) is 9.06. The van der Waals surface area contributed by atoms with E-state index in [0.717, 1.165) is 11.1 Å². The van der Waals surface area contributed by atoms with Crippen LogP contribution in [0.1, 0.15) is 43.0 Å². The molecule has 0 spiro atoms. The first-order chi connectivity index (χ1) is 16.8. The molecular weight excluding hydrogens is 483 g/mol. The van der Waals surface area contributed by atoms with Gasteiger partial charge < -0.3 is 9.47 Å². The summed E-state index contributed by atoms with van der Waals surface area (Å²) >= 11 is 12.5. The molecule has 4 rings (SSSR count). The minimum atomic E-state index is -0.481. The fourth-order valence-corrected chi connectivity index (χ4v) is 3.86. The average Bonchev–Trinajstić information content (AvgIpc) is 2.83. The number of carbonyl (C=O) groups is 2. The maximum Gasteiger partial charge on any atom is 0.343 e. The van der Waals surface area contributed by atoms with E-state index in [0.29, 0.717) is 43.8 Å². The van der Waals surface area contributed by atoms with Gasteiger partial charge in [0.2, 0.25) is 0 Å². The fraction of sp³-hybridized carbons (Fsp3) is 0.103. The molecule has 0 radical (unpaired) electrons. The summed E-state index contributed by atoms with van der Waals surface area (Å²) in [5, 5.41) is 0.964. The molecule has 4 nitrogen and oxygen atoms in total. The maximum atomic E-state index is 12.7. The van der Waals surface area contributed by atoms with E-state index in [1.807, 2.05) is 38.1 Å². The molecule has 0 bridgehead atoms. The summed E-state index contributed by atoms with van der Waals surface area (Å²) in [4.78, 5) is 25.4. The van der Waals surface area contributed by atoms with Crippen LogP contribution < -0.4 is 9.47 Å². The molecule has 0 aliphatic rings. The molecule has 35 heavy (non-hydrogen) atoms. The molecule has 6 heteroatoms. The van der Waals surface area contributed by atoms with Crippen molar-refractivity contribution in [1.29, 1.82) is 0 Å². The normalized spacial score (nSPS) is 10.6. The predicted octanol–water partition coefficient (Wildman–Crippen LogP) is 7.64. The van der Waals surface area contributed by atoms with Crippen LogP contribution in [-0.4, -0.2) is 11.9 Å². The lowest BCUT2D eigenvalue weighted by Crippen LogP contribution is -2.11. The molecule has 4 aromatic rings. The average molecular weight is 505 g/mol. The molecule has 0 N–H and O–H groups in total. The van der Waals surface area contributed by atoms with Crippen molar-refractivity contribution in [2.75, 3.05) is 0 Å². The summed E-state index contributed by atoms with van der Waals surface area (Å²) < 4.78 is 11.4. The highest BCUT2D eigenvalue weighted by atomic mass is 35.5. The first-order valence-electron chi connectivity index (χ1n) is 10.9. The fourth-order valence-electron chi connectivity index (χ4n) is 3.47. The molecular formula is C29H22Cl2O4. The standard InChI is InChI=1S/C29H22Cl2O4/c1-18-3-7-20(8-4-18)28(32)34-26-13-11-24(30)16-22(26)15-23-17-25(31)12-14-27(23)35-29(33)21-9-5-19(2)6-10-21/h3-14,16-17H,15H2,1-2H3. The van der Waals surface area contributed by atoms with Crippen molar-refractivity contribution in [1.82, 2.24) is 0 Å². The number of halogens is 2. The van der Waals surface area contributed by atoms with Crippen molar-refractivity contribution in [3.8, 4) is 11.5 Å². The molecule has 0 fully saturated rings. The van der Waals surface area contributed by atoms with E-state index < -0.39 is 11.9 Å². The Morgan fingerprint density at radius 2 is 0.971 bits per heavy atom. The van der Waals surface area contributed by atoms with Crippen molar-refractivity contribution in [2.45, 2.75) is 20.3 Å². The molecule has 0 unspecified atom stereocenters. The molecule has 176 valence electrons. The zero-order valence-corrected chi connectivity index (χ0v) is 20.7. The third kappa shape index (κ3) is 6.30. The van der Waals surface area contributed by atoms with Crippen LogP contribution in [0.2, 0.25) is 10.0 Å². The lowest BCUT2D eigenvalue weighted by atomic mass is 10.0. The minimum Gasteiger partial charge on any atom is -0.423 e. The van der Waals surface area contributed by atoms with Crippen molar-refractivity contribution in [3.63, 3.8) is 0 Å².